The number of thiophene rings is 2. The number of rotatable bonds is 4. The highest BCUT2D eigenvalue weighted by molar-refractivity contribution is 9.11. The maximum absolute atomic E-state index is 11.5. The van der Waals surface area contributed by atoms with Gasteiger partial charge in [-0.15, -0.1) is 22.7 Å². The van der Waals surface area contributed by atoms with Crippen LogP contribution in [0.1, 0.15) is 28.6 Å². The quantitative estimate of drug-likeness (QED) is 0.874. The van der Waals surface area contributed by atoms with E-state index in [0.717, 1.165) is 23.2 Å². The predicted molar refractivity (Wildman–Crippen MR) is 85.5 cm³/mol. The summed E-state index contributed by atoms with van der Waals surface area (Å²) in [6.45, 7) is 0.842. The van der Waals surface area contributed by atoms with Crippen molar-refractivity contribution in [2.45, 2.75) is 24.9 Å². The van der Waals surface area contributed by atoms with Gasteiger partial charge in [-0.1, -0.05) is 6.07 Å². The molecule has 0 saturated carbocycles. The van der Waals surface area contributed by atoms with Gasteiger partial charge in [-0.05, 0) is 52.4 Å². The molecular weight excluding hydrogens is 358 g/mol. The van der Waals surface area contributed by atoms with Crippen molar-refractivity contribution in [3.05, 3.63) is 43.2 Å². The van der Waals surface area contributed by atoms with E-state index in [1.54, 1.807) is 22.7 Å². The lowest BCUT2D eigenvalue weighted by Crippen LogP contribution is -2.38. The van der Waals surface area contributed by atoms with Gasteiger partial charge in [-0.3, -0.25) is 9.69 Å². The highest BCUT2D eigenvalue weighted by atomic mass is 79.9. The molecule has 2 aromatic rings. The Balaban J connectivity index is 2.00. The van der Waals surface area contributed by atoms with Crippen molar-refractivity contribution in [2.24, 2.45) is 0 Å². The fourth-order valence-corrected chi connectivity index (χ4v) is 5.25. The summed E-state index contributed by atoms with van der Waals surface area (Å²) in [6.07, 6.45) is 1.69. The second-order valence-corrected chi connectivity index (χ2v) is 8.27. The van der Waals surface area contributed by atoms with Crippen molar-refractivity contribution in [3.63, 3.8) is 0 Å². The van der Waals surface area contributed by atoms with Crippen LogP contribution in [0.5, 0.6) is 0 Å². The minimum absolute atomic E-state index is 0.0647. The normalized spacial score (nSPS) is 21.1. The second kappa shape index (κ2) is 5.97. The van der Waals surface area contributed by atoms with E-state index in [-0.39, 0.29) is 12.1 Å². The van der Waals surface area contributed by atoms with Crippen LogP contribution in [0, 0.1) is 0 Å². The average molecular weight is 372 g/mol. The summed E-state index contributed by atoms with van der Waals surface area (Å²) in [5.74, 6) is -0.709. The second-order valence-electron chi connectivity index (χ2n) is 4.79. The van der Waals surface area contributed by atoms with E-state index in [0.29, 0.717) is 0 Å². The van der Waals surface area contributed by atoms with E-state index < -0.39 is 5.97 Å². The fraction of sp³-hybridized carbons (Fsp3) is 0.357. The van der Waals surface area contributed by atoms with Crippen molar-refractivity contribution >= 4 is 44.6 Å². The lowest BCUT2D eigenvalue weighted by Gasteiger charge is -2.29. The summed E-state index contributed by atoms with van der Waals surface area (Å²) in [5.41, 5.74) is 0. The molecule has 0 amide bonds. The van der Waals surface area contributed by atoms with E-state index in [9.17, 15) is 9.90 Å². The third kappa shape index (κ3) is 2.70. The first-order valence-electron chi connectivity index (χ1n) is 6.44. The largest absolute Gasteiger partial charge is 0.480 e. The van der Waals surface area contributed by atoms with Gasteiger partial charge in [0, 0.05) is 16.3 Å². The Hall–Kier alpha value is -0.690. The number of likely N-dealkylation sites (tertiary alicyclic amines) is 1. The van der Waals surface area contributed by atoms with Gasteiger partial charge >= 0.3 is 5.97 Å². The number of carboxylic acids is 1. The van der Waals surface area contributed by atoms with Crippen molar-refractivity contribution in [1.29, 1.82) is 0 Å². The van der Waals surface area contributed by atoms with Gasteiger partial charge in [0.05, 0.1) is 9.83 Å². The zero-order chi connectivity index (χ0) is 14.1. The summed E-state index contributed by atoms with van der Waals surface area (Å²) in [5, 5.41) is 11.5. The van der Waals surface area contributed by atoms with Crippen LogP contribution >= 0.6 is 38.6 Å². The van der Waals surface area contributed by atoms with Crippen molar-refractivity contribution in [1.82, 2.24) is 4.90 Å². The number of halogens is 1. The molecule has 0 bridgehead atoms. The molecule has 20 heavy (non-hydrogen) atoms. The van der Waals surface area contributed by atoms with Crippen molar-refractivity contribution in [2.75, 3.05) is 6.54 Å². The van der Waals surface area contributed by atoms with E-state index >= 15 is 0 Å². The molecule has 1 aliphatic heterocycles. The predicted octanol–water partition coefficient (Wildman–Crippen LogP) is 4.21. The maximum Gasteiger partial charge on any atom is 0.320 e. The molecule has 3 nitrogen and oxygen atoms in total. The lowest BCUT2D eigenvalue weighted by molar-refractivity contribution is -0.142. The van der Waals surface area contributed by atoms with Gasteiger partial charge < -0.3 is 5.11 Å². The maximum atomic E-state index is 11.5. The van der Waals surface area contributed by atoms with E-state index in [1.165, 1.54) is 9.75 Å². The average Bonchev–Trinajstić information content (AvgIpc) is 3.12. The Morgan fingerprint density at radius 2 is 2.25 bits per heavy atom. The van der Waals surface area contributed by atoms with Crippen LogP contribution in [0.4, 0.5) is 0 Å². The van der Waals surface area contributed by atoms with E-state index in [1.807, 2.05) is 12.1 Å². The number of nitrogens with zero attached hydrogens (tertiary/aromatic N) is 1. The molecule has 0 aromatic carbocycles. The fourth-order valence-electron chi connectivity index (χ4n) is 2.75. The standard InChI is InChI=1S/C14H14BrNO2S2/c15-12-6-5-11(20-12)13(10-4-2-8-19-10)16-7-1-3-9(16)14(17)18/h2,4-6,8-9,13H,1,3,7H2,(H,17,18). The summed E-state index contributed by atoms with van der Waals surface area (Å²) in [6, 6.07) is 7.95. The first-order chi connectivity index (χ1) is 9.66. The third-order valence-corrected chi connectivity index (χ3v) is 6.19. The Bertz CT molecular complexity index is 596. The van der Waals surface area contributed by atoms with Crippen LogP contribution < -0.4 is 0 Å². The smallest absolute Gasteiger partial charge is 0.320 e. The number of carboxylic acid groups (broad SMARTS) is 1. The molecule has 1 fully saturated rings. The third-order valence-electron chi connectivity index (χ3n) is 3.59. The highest BCUT2D eigenvalue weighted by Crippen LogP contribution is 2.40. The van der Waals surface area contributed by atoms with Gasteiger partial charge in [0.15, 0.2) is 0 Å². The van der Waals surface area contributed by atoms with Crippen molar-refractivity contribution in [3.8, 4) is 0 Å². The van der Waals surface area contributed by atoms with Gasteiger partial charge in [0.1, 0.15) is 6.04 Å². The molecule has 106 valence electrons. The van der Waals surface area contributed by atoms with Crippen LogP contribution in [-0.2, 0) is 4.79 Å². The summed E-state index contributed by atoms with van der Waals surface area (Å²) in [4.78, 5) is 16.0. The number of hydrogen-bond donors (Lipinski definition) is 1. The monoisotopic (exact) mass is 371 g/mol. The van der Waals surface area contributed by atoms with Crippen molar-refractivity contribution < 1.29 is 9.90 Å². The van der Waals surface area contributed by atoms with Crippen LogP contribution in [0.25, 0.3) is 0 Å². The summed E-state index contributed by atoms with van der Waals surface area (Å²) in [7, 11) is 0. The first kappa shape index (κ1) is 14.3. The minimum Gasteiger partial charge on any atom is -0.480 e. The molecule has 1 saturated heterocycles. The van der Waals surface area contributed by atoms with E-state index in [4.69, 9.17) is 0 Å². The van der Waals surface area contributed by atoms with Crippen LogP contribution in [0.15, 0.2) is 33.4 Å². The topological polar surface area (TPSA) is 40.5 Å². The van der Waals surface area contributed by atoms with E-state index in [2.05, 4.69) is 38.3 Å². The summed E-state index contributed by atoms with van der Waals surface area (Å²) >= 11 is 6.88. The Morgan fingerprint density at radius 3 is 2.85 bits per heavy atom. The van der Waals surface area contributed by atoms with Crippen LogP contribution in [0.3, 0.4) is 0 Å². The highest BCUT2D eigenvalue weighted by Gasteiger charge is 2.37. The van der Waals surface area contributed by atoms with Crippen LogP contribution in [0.2, 0.25) is 0 Å². The zero-order valence-electron chi connectivity index (χ0n) is 10.7. The number of aliphatic carboxylic acids is 1. The molecule has 1 aliphatic rings. The Labute approximate surface area is 134 Å². The number of carbonyl (C=O) groups is 1. The molecule has 1 N–H and O–H groups in total. The molecular formula is C14H14BrNO2S2. The Morgan fingerprint density at radius 1 is 1.40 bits per heavy atom. The molecule has 2 aromatic heterocycles. The van der Waals surface area contributed by atoms with Gasteiger partial charge in [-0.25, -0.2) is 0 Å². The number of hydrogen-bond acceptors (Lipinski definition) is 4. The molecule has 2 atom stereocenters. The molecule has 3 rings (SSSR count). The molecule has 0 spiro atoms. The Kier molecular flexibility index (Phi) is 4.26. The molecule has 0 aliphatic carbocycles. The molecule has 6 heteroatoms. The molecule has 0 radical (unpaired) electrons. The van der Waals surface area contributed by atoms with Gasteiger partial charge in [-0.2, -0.15) is 0 Å². The minimum atomic E-state index is -0.709. The van der Waals surface area contributed by atoms with Gasteiger partial charge in [0.25, 0.3) is 0 Å². The van der Waals surface area contributed by atoms with Crippen LogP contribution in [-0.4, -0.2) is 28.6 Å². The van der Waals surface area contributed by atoms with Gasteiger partial charge in [0.2, 0.25) is 0 Å². The first-order valence-corrected chi connectivity index (χ1v) is 8.93. The SMILES string of the molecule is O=C(O)C1CCCN1C(c1cccs1)c1ccc(Br)s1. The lowest BCUT2D eigenvalue weighted by atomic mass is 10.1. The zero-order valence-corrected chi connectivity index (χ0v) is 13.9. The molecule has 3 heterocycles. The molecule has 2 unspecified atom stereocenters. The summed E-state index contributed by atoms with van der Waals surface area (Å²) < 4.78 is 1.08.